The highest BCUT2D eigenvalue weighted by Crippen LogP contribution is 2.31. The maximum absolute atomic E-state index is 12.0. The van der Waals surface area contributed by atoms with E-state index in [0.717, 1.165) is 25.9 Å². The van der Waals surface area contributed by atoms with E-state index in [1.165, 1.54) is 11.8 Å². The average molecular weight is 410 g/mol. The number of benzene rings is 1. The molecule has 2 N–H and O–H groups in total. The molecule has 0 bridgehead atoms. The molecule has 1 aromatic carbocycles. The minimum atomic E-state index is -0.237. The van der Waals surface area contributed by atoms with Crippen LogP contribution >= 0.6 is 23.4 Å². The first-order valence-corrected chi connectivity index (χ1v) is 9.87. The number of aromatic nitrogens is 3. The Morgan fingerprint density at radius 2 is 2.15 bits per heavy atom. The zero-order chi connectivity index (χ0) is 19.2. The highest BCUT2D eigenvalue weighted by molar-refractivity contribution is 7.99. The first-order chi connectivity index (χ1) is 13.1. The van der Waals surface area contributed by atoms with E-state index >= 15 is 0 Å². The van der Waals surface area contributed by atoms with Gasteiger partial charge in [0.15, 0.2) is 5.82 Å². The Balaban J connectivity index is 1.51. The molecule has 0 spiro atoms. The molecule has 1 aliphatic heterocycles. The predicted molar refractivity (Wildman–Crippen MR) is 103 cm³/mol. The number of nitrogens with one attached hydrogen (secondary N) is 2. The third-order valence-corrected chi connectivity index (χ3v) is 5.19. The number of hydrogen-bond donors (Lipinski definition) is 2. The first kappa shape index (κ1) is 19.5. The van der Waals surface area contributed by atoms with Crippen molar-refractivity contribution in [2.24, 2.45) is 0 Å². The smallest absolute Gasteiger partial charge is 0.241 e. The van der Waals surface area contributed by atoms with Crippen molar-refractivity contribution in [3.63, 3.8) is 0 Å². The van der Waals surface area contributed by atoms with Crippen molar-refractivity contribution in [1.29, 1.82) is 0 Å². The molecule has 2 aromatic rings. The summed E-state index contributed by atoms with van der Waals surface area (Å²) in [6.07, 6.45) is 2.06. The number of H-pyrrole nitrogens is 1. The molecule has 1 aromatic heterocycles. The Labute approximate surface area is 166 Å². The summed E-state index contributed by atoms with van der Waals surface area (Å²) in [4.78, 5) is 30.0. The van der Waals surface area contributed by atoms with Crippen LogP contribution in [0.15, 0.2) is 23.4 Å². The van der Waals surface area contributed by atoms with Crippen LogP contribution in [-0.2, 0) is 9.59 Å². The van der Waals surface area contributed by atoms with Gasteiger partial charge in [0, 0.05) is 18.1 Å². The normalized spacial score (nSPS) is 13.6. The maximum atomic E-state index is 12.0. The lowest BCUT2D eigenvalue weighted by Crippen LogP contribution is -2.39. The lowest BCUT2D eigenvalue weighted by atomic mass is 10.2. The van der Waals surface area contributed by atoms with Gasteiger partial charge >= 0.3 is 0 Å². The standard InChI is InChI=1S/C17H20ClN5O3S/c1-26-13-5-4-11(18)8-12(13)16-20-17(22-21-16)27-10-14(24)19-9-15(25)23-6-2-3-7-23/h4-5,8H,2-3,6-7,9-10H2,1H3,(H,19,24)(H,20,21,22). The minimum absolute atomic E-state index is 0.0261. The second kappa shape index (κ2) is 9.09. The summed E-state index contributed by atoms with van der Waals surface area (Å²) in [6, 6.07) is 5.20. The van der Waals surface area contributed by atoms with Crippen LogP contribution in [0.1, 0.15) is 12.8 Å². The minimum Gasteiger partial charge on any atom is -0.496 e. The van der Waals surface area contributed by atoms with Crippen LogP contribution < -0.4 is 10.1 Å². The number of thioether (sulfide) groups is 1. The molecule has 2 amide bonds. The van der Waals surface area contributed by atoms with Crippen molar-refractivity contribution in [3.05, 3.63) is 23.2 Å². The van der Waals surface area contributed by atoms with Crippen molar-refractivity contribution in [2.75, 3.05) is 32.5 Å². The highest BCUT2D eigenvalue weighted by Gasteiger charge is 2.18. The molecule has 27 heavy (non-hydrogen) atoms. The van der Waals surface area contributed by atoms with E-state index in [1.807, 2.05) is 0 Å². The fourth-order valence-corrected chi connectivity index (χ4v) is 3.53. The molecule has 0 aliphatic carbocycles. The number of carbonyl (C=O) groups excluding carboxylic acids is 2. The summed E-state index contributed by atoms with van der Waals surface area (Å²) in [5.74, 6) is 0.960. The second-order valence-electron chi connectivity index (χ2n) is 5.96. The van der Waals surface area contributed by atoms with Gasteiger partial charge in [0.05, 0.1) is 25.0 Å². The van der Waals surface area contributed by atoms with Gasteiger partial charge in [-0.2, -0.15) is 0 Å². The maximum Gasteiger partial charge on any atom is 0.241 e. The number of hydrogen-bond acceptors (Lipinski definition) is 6. The van der Waals surface area contributed by atoms with Gasteiger partial charge < -0.3 is 15.0 Å². The summed E-state index contributed by atoms with van der Waals surface area (Å²) in [5.41, 5.74) is 0.685. The zero-order valence-corrected chi connectivity index (χ0v) is 16.4. The van der Waals surface area contributed by atoms with Gasteiger partial charge in [-0.3, -0.25) is 14.7 Å². The Morgan fingerprint density at radius 3 is 2.89 bits per heavy atom. The molecular weight excluding hydrogens is 390 g/mol. The van der Waals surface area contributed by atoms with Crippen LogP contribution in [0.5, 0.6) is 5.75 Å². The number of amides is 2. The highest BCUT2D eigenvalue weighted by atomic mass is 35.5. The molecule has 3 rings (SSSR count). The number of aromatic amines is 1. The van der Waals surface area contributed by atoms with E-state index < -0.39 is 0 Å². The molecule has 1 fully saturated rings. The second-order valence-corrected chi connectivity index (χ2v) is 7.34. The predicted octanol–water partition coefficient (Wildman–Crippen LogP) is 1.96. The molecule has 0 radical (unpaired) electrons. The lowest BCUT2D eigenvalue weighted by Gasteiger charge is -2.15. The van der Waals surface area contributed by atoms with Crippen LogP contribution in [0, 0.1) is 0 Å². The van der Waals surface area contributed by atoms with Crippen molar-refractivity contribution in [1.82, 2.24) is 25.4 Å². The van der Waals surface area contributed by atoms with Gasteiger partial charge in [0.25, 0.3) is 0 Å². The van der Waals surface area contributed by atoms with Crippen LogP contribution in [0.25, 0.3) is 11.4 Å². The van der Waals surface area contributed by atoms with Gasteiger partial charge in [0.1, 0.15) is 5.75 Å². The quantitative estimate of drug-likeness (QED) is 0.678. The van der Waals surface area contributed by atoms with Crippen LogP contribution in [0.4, 0.5) is 0 Å². The van der Waals surface area contributed by atoms with E-state index in [-0.39, 0.29) is 24.1 Å². The summed E-state index contributed by atoms with van der Waals surface area (Å²) in [5, 5.41) is 10.5. The average Bonchev–Trinajstić information content (AvgIpc) is 3.36. The number of likely N-dealkylation sites (tertiary alicyclic amines) is 1. The molecule has 2 heterocycles. The molecule has 1 saturated heterocycles. The lowest BCUT2D eigenvalue weighted by molar-refractivity contribution is -0.131. The summed E-state index contributed by atoms with van der Waals surface area (Å²) >= 11 is 7.22. The van der Waals surface area contributed by atoms with Gasteiger partial charge in [-0.1, -0.05) is 23.4 Å². The molecule has 0 atom stereocenters. The Bertz CT molecular complexity index is 823. The summed E-state index contributed by atoms with van der Waals surface area (Å²) in [7, 11) is 1.56. The molecule has 0 saturated carbocycles. The van der Waals surface area contributed by atoms with E-state index in [1.54, 1.807) is 30.2 Å². The van der Waals surface area contributed by atoms with E-state index in [4.69, 9.17) is 16.3 Å². The van der Waals surface area contributed by atoms with Gasteiger partial charge in [-0.05, 0) is 31.0 Å². The third kappa shape index (κ3) is 5.14. The molecule has 8 nitrogen and oxygen atoms in total. The van der Waals surface area contributed by atoms with E-state index in [2.05, 4.69) is 20.5 Å². The number of methoxy groups -OCH3 is 1. The summed E-state index contributed by atoms with van der Waals surface area (Å²) < 4.78 is 5.31. The van der Waals surface area contributed by atoms with Crippen LogP contribution in [-0.4, -0.2) is 64.4 Å². The number of carbonyl (C=O) groups is 2. The molecule has 1 aliphatic rings. The third-order valence-electron chi connectivity index (χ3n) is 4.11. The number of nitrogens with zero attached hydrogens (tertiary/aromatic N) is 3. The van der Waals surface area contributed by atoms with Crippen molar-refractivity contribution in [2.45, 2.75) is 18.0 Å². The van der Waals surface area contributed by atoms with Gasteiger partial charge in [0.2, 0.25) is 17.0 Å². The SMILES string of the molecule is COc1ccc(Cl)cc1-c1nc(SCC(=O)NCC(=O)N2CCCC2)n[nH]1. The Hall–Kier alpha value is -2.26. The van der Waals surface area contributed by atoms with Crippen molar-refractivity contribution in [3.8, 4) is 17.1 Å². The fraction of sp³-hybridized carbons (Fsp3) is 0.412. The Kier molecular flexibility index (Phi) is 6.57. The van der Waals surface area contributed by atoms with Crippen LogP contribution in [0.2, 0.25) is 5.02 Å². The monoisotopic (exact) mass is 409 g/mol. The molecule has 144 valence electrons. The molecule has 10 heteroatoms. The molecule has 0 unspecified atom stereocenters. The number of rotatable bonds is 7. The van der Waals surface area contributed by atoms with Gasteiger partial charge in [-0.15, -0.1) is 5.10 Å². The first-order valence-electron chi connectivity index (χ1n) is 8.50. The summed E-state index contributed by atoms with van der Waals surface area (Å²) in [6.45, 7) is 1.57. The van der Waals surface area contributed by atoms with E-state index in [9.17, 15) is 9.59 Å². The largest absolute Gasteiger partial charge is 0.496 e. The number of ether oxygens (including phenoxy) is 1. The zero-order valence-electron chi connectivity index (χ0n) is 14.8. The topological polar surface area (TPSA) is 100 Å². The Morgan fingerprint density at radius 1 is 1.37 bits per heavy atom. The van der Waals surface area contributed by atoms with Gasteiger partial charge in [-0.25, -0.2) is 4.98 Å². The van der Waals surface area contributed by atoms with Crippen molar-refractivity contribution >= 4 is 35.2 Å². The van der Waals surface area contributed by atoms with Crippen LogP contribution in [0.3, 0.4) is 0 Å². The molecular formula is C17H20ClN5O3S. The van der Waals surface area contributed by atoms with Crippen molar-refractivity contribution < 1.29 is 14.3 Å². The van der Waals surface area contributed by atoms with E-state index in [0.29, 0.717) is 27.3 Å². The fourth-order valence-electron chi connectivity index (χ4n) is 2.73. The number of halogens is 1.